The lowest BCUT2D eigenvalue weighted by atomic mass is 10.1. The predicted molar refractivity (Wildman–Crippen MR) is 93.9 cm³/mol. The Kier molecular flexibility index (Phi) is 8.06. The van der Waals surface area contributed by atoms with Crippen molar-refractivity contribution in [1.29, 1.82) is 0 Å². The van der Waals surface area contributed by atoms with Gasteiger partial charge in [0.15, 0.2) is 0 Å². The number of hydrogen-bond acceptors (Lipinski definition) is 3. The van der Waals surface area contributed by atoms with E-state index in [4.69, 9.17) is 16.3 Å². The number of nitrogens with one attached hydrogen (secondary N) is 2. The van der Waals surface area contributed by atoms with Crippen LogP contribution in [0.5, 0.6) is 0 Å². The first kappa shape index (κ1) is 19.5. The maximum atomic E-state index is 11.9. The Balaban J connectivity index is 2.46. The van der Waals surface area contributed by atoms with Crippen LogP contribution in [-0.4, -0.2) is 24.5 Å². The fourth-order valence-electron chi connectivity index (χ4n) is 2.20. The van der Waals surface area contributed by atoms with Crippen LogP contribution in [0.1, 0.15) is 40.5 Å². The van der Waals surface area contributed by atoms with Crippen LogP contribution >= 0.6 is 11.6 Å². The zero-order valence-electron chi connectivity index (χ0n) is 14.1. The summed E-state index contributed by atoms with van der Waals surface area (Å²) in [6, 6.07) is 4.95. The molecular weight excluding hydrogens is 316 g/mol. The van der Waals surface area contributed by atoms with Gasteiger partial charge >= 0.3 is 0 Å². The Hall–Kier alpha value is -1.59. The van der Waals surface area contributed by atoms with Gasteiger partial charge in [0, 0.05) is 12.6 Å². The molecule has 0 radical (unpaired) electrons. The molecule has 0 aliphatic carbocycles. The molecule has 6 heteroatoms. The van der Waals surface area contributed by atoms with E-state index in [1.807, 2.05) is 6.92 Å². The summed E-state index contributed by atoms with van der Waals surface area (Å²) >= 11 is 5.99. The molecule has 1 rings (SSSR count). The summed E-state index contributed by atoms with van der Waals surface area (Å²) in [5.41, 5.74) is 1.05. The number of anilines is 2. The van der Waals surface area contributed by atoms with Crippen molar-refractivity contribution < 1.29 is 14.3 Å². The van der Waals surface area contributed by atoms with Gasteiger partial charge in [0.2, 0.25) is 11.8 Å². The number of halogens is 1. The lowest BCUT2D eigenvalue weighted by Crippen LogP contribution is -2.18. The minimum atomic E-state index is -0.220. The summed E-state index contributed by atoms with van der Waals surface area (Å²) in [5.74, 6) is 0.209. The zero-order chi connectivity index (χ0) is 17.4. The van der Waals surface area contributed by atoms with Gasteiger partial charge in [-0.15, -0.1) is 0 Å². The highest BCUT2D eigenvalue weighted by molar-refractivity contribution is 6.33. The third kappa shape index (κ3) is 8.00. The van der Waals surface area contributed by atoms with E-state index < -0.39 is 0 Å². The van der Waals surface area contributed by atoms with E-state index in [-0.39, 0.29) is 24.3 Å². The minimum Gasteiger partial charge on any atom is -0.378 e. The second-order valence-corrected chi connectivity index (χ2v) is 6.39. The number of carbonyl (C=O) groups excluding carboxylic acids is 2. The summed E-state index contributed by atoms with van der Waals surface area (Å²) in [4.78, 5) is 23.0. The van der Waals surface area contributed by atoms with Gasteiger partial charge in [-0.3, -0.25) is 9.59 Å². The van der Waals surface area contributed by atoms with Gasteiger partial charge in [-0.1, -0.05) is 25.4 Å². The van der Waals surface area contributed by atoms with E-state index in [9.17, 15) is 9.59 Å². The van der Waals surface area contributed by atoms with E-state index in [1.165, 1.54) is 6.92 Å². The highest BCUT2D eigenvalue weighted by Crippen LogP contribution is 2.25. The highest BCUT2D eigenvalue weighted by Gasteiger charge is 2.09. The van der Waals surface area contributed by atoms with E-state index in [0.717, 1.165) is 6.42 Å². The molecule has 1 aromatic rings. The molecule has 0 aliphatic heterocycles. The van der Waals surface area contributed by atoms with Crippen molar-refractivity contribution in [2.24, 2.45) is 5.92 Å². The first-order chi connectivity index (χ1) is 10.8. The number of amides is 2. The van der Waals surface area contributed by atoms with Crippen LogP contribution in [0.3, 0.4) is 0 Å². The standard InChI is InChI=1S/C17H25ClN2O3/c1-11(2)9-12(3)23-8-7-17(22)20-14-5-6-15(18)16(10-14)19-13(4)21/h5-6,10-12H,7-9H2,1-4H3,(H,19,21)(H,20,22). The first-order valence-electron chi connectivity index (χ1n) is 7.76. The van der Waals surface area contributed by atoms with Crippen molar-refractivity contribution in [1.82, 2.24) is 0 Å². The van der Waals surface area contributed by atoms with Crippen LogP contribution in [0.4, 0.5) is 11.4 Å². The number of benzene rings is 1. The Morgan fingerprint density at radius 2 is 1.91 bits per heavy atom. The topological polar surface area (TPSA) is 67.4 Å². The molecule has 1 aromatic carbocycles. The lowest BCUT2D eigenvalue weighted by Gasteiger charge is -2.15. The van der Waals surface area contributed by atoms with Crippen molar-refractivity contribution >= 4 is 34.8 Å². The fourth-order valence-corrected chi connectivity index (χ4v) is 2.36. The van der Waals surface area contributed by atoms with Gasteiger partial charge in [-0.25, -0.2) is 0 Å². The quantitative estimate of drug-likeness (QED) is 0.749. The van der Waals surface area contributed by atoms with Crippen LogP contribution in [0.2, 0.25) is 5.02 Å². The summed E-state index contributed by atoms with van der Waals surface area (Å²) in [7, 11) is 0. The Morgan fingerprint density at radius 1 is 1.22 bits per heavy atom. The molecule has 0 aromatic heterocycles. The molecule has 0 heterocycles. The fraction of sp³-hybridized carbons (Fsp3) is 0.529. The molecule has 1 unspecified atom stereocenters. The highest BCUT2D eigenvalue weighted by atomic mass is 35.5. The number of rotatable bonds is 8. The zero-order valence-corrected chi connectivity index (χ0v) is 14.9. The molecule has 0 aliphatic rings. The van der Waals surface area contributed by atoms with Gasteiger partial charge in [0.1, 0.15) is 0 Å². The van der Waals surface area contributed by atoms with Gasteiger partial charge in [-0.05, 0) is 37.5 Å². The molecule has 0 saturated heterocycles. The summed E-state index contributed by atoms with van der Waals surface area (Å²) in [6.45, 7) is 8.07. The molecule has 23 heavy (non-hydrogen) atoms. The van der Waals surface area contributed by atoms with Gasteiger partial charge < -0.3 is 15.4 Å². The van der Waals surface area contributed by atoms with Crippen LogP contribution in [0.15, 0.2) is 18.2 Å². The normalized spacial score (nSPS) is 12.1. The largest absolute Gasteiger partial charge is 0.378 e. The summed E-state index contributed by atoms with van der Waals surface area (Å²) in [6.07, 6.45) is 1.39. The second-order valence-electron chi connectivity index (χ2n) is 5.98. The average Bonchev–Trinajstić information content (AvgIpc) is 2.41. The average molecular weight is 341 g/mol. The number of hydrogen-bond donors (Lipinski definition) is 2. The molecule has 2 amide bonds. The molecule has 5 nitrogen and oxygen atoms in total. The number of carbonyl (C=O) groups is 2. The van der Waals surface area contributed by atoms with Crippen molar-refractivity contribution in [3.63, 3.8) is 0 Å². The lowest BCUT2D eigenvalue weighted by molar-refractivity contribution is -0.117. The maximum Gasteiger partial charge on any atom is 0.226 e. The van der Waals surface area contributed by atoms with Crippen LogP contribution in [-0.2, 0) is 14.3 Å². The second kappa shape index (κ2) is 9.53. The maximum absolute atomic E-state index is 11.9. The summed E-state index contributed by atoms with van der Waals surface area (Å²) in [5, 5.41) is 5.80. The molecule has 1 atom stereocenters. The third-order valence-electron chi connectivity index (χ3n) is 3.10. The van der Waals surface area contributed by atoms with E-state index in [0.29, 0.717) is 28.9 Å². The van der Waals surface area contributed by atoms with E-state index in [1.54, 1.807) is 18.2 Å². The molecular formula is C17H25ClN2O3. The third-order valence-corrected chi connectivity index (χ3v) is 3.43. The Labute approximate surface area is 142 Å². The molecule has 128 valence electrons. The summed E-state index contributed by atoms with van der Waals surface area (Å²) < 4.78 is 5.62. The first-order valence-corrected chi connectivity index (χ1v) is 8.14. The molecule has 2 N–H and O–H groups in total. The minimum absolute atomic E-state index is 0.141. The predicted octanol–water partition coefficient (Wildman–Crippen LogP) is 4.08. The van der Waals surface area contributed by atoms with Crippen LogP contribution in [0.25, 0.3) is 0 Å². The Bertz CT molecular complexity index is 547. The SMILES string of the molecule is CC(=O)Nc1cc(NC(=O)CCOC(C)CC(C)C)ccc1Cl. The Morgan fingerprint density at radius 3 is 2.52 bits per heavy atom. The molecule has 0 fully saturated rings. The van der Waals surface area contributed by atoms with E-state index >= 15 is 0 Å². The molecule has 0 bridgehead atoms. The van der Waals surface area contributed by atoms with Crippen LogP contribution < -0.4 is 10.6 Å². The molecule has 0 spiro atoms. The van der Waals surface area contributed by atoms with E-state index in [2.05, 4.69) is 24.5 Å². The van der Waals surface area contributed by atoms with Crippen molar-refractivity contribution in [3.8, 4) is 0 Å². The van der Waals surface area contributed by atoms with Gasteiger partial charge in [-0.2, -0.15) is 0 Å². The van der Waals surface area contributed by atoms with Crippen molar-refractivity contribution in [3.05, 3.63) is 23.2 Å². The van der Waals surface area contributed by atoms with Crippen molar-refractivity contribution in [2.45, 2.75) is 46.6 Å². The molecule has 0 saturated carbocycles. The van der Waals surface area contributed by atoms with Gasteiger partial charge in [0.05, 0.1) is 29.8 Å². The van der Waals surface area contributed by atoms with Gasteiger partial charge in [0.25, 0.3) is 0 Å². The smallest absolute Gasteiger partial charge is 0.226 e. The van der Waals surface area contributed by atoms with Crippen molar-refractivity contribution in [2.75, 3.05) is 17.2 Å². The monoisotopic (exact) mass is 340 g/mol. The number of ether oxygens (including phenoxy) is 1. The van der Waals surface area contributed by atoms with Crippen LogP contribution in [0, 0.1) is 5.92 Å².